The van der Waals surface area contributed by atoms with Gasteiger partial charge in [0.15, 0.2) is 0 Å². The van der Waals surface area contributed by atoms with Crippen molar-refractivity contribution in [2.75, 3.05) is 0 Å². The molecular formula is C7H10ClNO2. The third-order valence-corrected chi connectivity index (χ3v) is 3.10. The molecule has 2 aliphatic rings. The Balaban J connectivity index is 2.16. The van der Waals surface area contributed by atoms with Crippen LogP contribution >= 0.6 is 11.6 Å². The lowest BCUT2D eigenvalue weighted by Crippen LogP contribution is -2.45. The van der Waals surface area contributed by atoms with Crippen molar-refractivity contribution >= 4 is 17.6 Å². The van der Waals surface area contributed by atoms with Crippen LogP contribution in [-0.2, 0) is 4.79 Å². The number of carbonyl (C=O) groups is 1. The maximum absolute atomic E-state index is 10.6. The number of fused-ring (bicyclic) bond motifs is 2. The molecule has 0 amide bonds. The van der Waals surface area contributed by atoms with Gasteiger partial charge in [0, 0.05) is 0 Å². The summed E-state index contributed by atoms with van der Waals surface area (Å²) < 4.78 is 0. The smallest absolute Gasteiger partial charge is 0.321 e. The van der Waals surface area contributed by atoms with E-state index >= 15 is 0 Å². The maximum atomic E-state index is 10.6. The number of carboxylic acid groups (broad SMARTS) is 1. The molecule has 0 aromatic heterocycles. The fraction of sp³-hybridized carbons (Fsp3) is 0.857. The largest absolute Gasteiger partial charge is 0.480 e. The Kier molecular flexibility index (Phi) is 1.41. The van der Waals surface area contributed by atoms with E-state index in [1.165, 1.54) is 0 Å². The lowest BCUT2D eigenvalue weighted by molar-refractivity contribution is -0.140. The van der Waals surface area contributed by atoms with E-state index in [0.717, 1.165) is 19.3 Å². The van der Waals surface area contributed by atoms with Gasteiger partial charge in [-0.05, 0) is 25.2 Å². The van der Waals surface area contributed by atoms with Gasteiger partial charge >= 0.3 is 5.97 Å². The fourth-order valence-corrected chi connectivity index (χ4v) is 2.53. The quantitative estimate of drug-likeness (QED) is 0.458. The summed E-state index contributed by atoms with van der Waals surface area (Å²) in [6.07, 6.45) is 2.67. The number of hydrogen-bond donors (Lipinski definition) is 2. The Hall–Kier alpha value is -0.280. The second-order valence-corrected chi connectivity index (χ2v) is 4.15. The molecule has 0 unspecified atom stereocenters. The molecule has 1 aliphatic heterocycles. The highest BCUT2D eigenvalue weighted by atomic mass is 35.5. The average Bonchev–Trinajstić information content (AvgIpc) is 2.41. The summed E-state index contributed by atoms with van der Waals surface area (Å²) in [4.78, 5) is 10.2. The molecule has 3 nitrogen and oxygen atoms in total. The van der Waals surface area contributed by atoms with Crippen LogP contribution in [0.15, 0.2) is 0 Å². The van der Waals surface area contributed by atoms with Crippen LogP contribution in [0, 0.1) is 5.92 Å². The molecule has 2 N–H and O–H groups in total. The van der Waals surface area contributed by atoms with E-state index in [-0.39, 0.29) is 5.92 Å². The van der Waals surface area contributed by atoms with Gasteiger partial charge in [-0.1, -0.05) is 0 Å². The molecule has 2 bridgehead atoms. The first-order valence-electron chi connectivity index (χ1n) is 3.80. The molecule has 62 valence electrons. The van der Waals surface area contributed by atoms with Gasteiger partial charge < -0.3 is 5.11 Å². The summed E-state index contributed by atoms with van der Waals surface area (Å²) in [5, 5.41) is 11.7. The van der Waals surface area contributed by atoms with Crippen molar-refractivity contribution in [2.45, 2.75) is 30.3 Å². The summed E-state index contributed by atoms with van der Waals surface area (Å²) in [5.41, 5.74) is 0. The van der Waals surface area contributed by atoms with Gasteiger partial charge in [-0.25, -0.2) is 0 Å². The van der Waals surface area contributed by atoms with E-state index in [0.29, 0.717) is 0 Å². The van der Waals surface area contributed by atoms with Gasteiger partial charge in [-0.2, -0.15) is 0 Å². The van der Waals surface area contributed by atoms with Gasteiger partial charge in [-0.15, -0.1) is 11.6 Å². The SMILES string of the molecule is O=C(O)[C@H]1N[C@@]2(Cl)CC[C@H]1C2. The predicted octanol–water partition coefficient (Wildman–Crippen LogP) is 0.778. The van der Waals surface area contributed by atoms with Crippen LogP contribution in [0.25, 0.3) is 0 Å². The number of halogens is 1. The molecule has 0 aromatic carbocycles. The Morgan fingerprint density at radius 3 is 2.73 bits per heavy atom. The van der Waals surface area contributed by atoms with Gasteiger partial charge in [0.1, 0.15) is 6.04 Å². The molecule has 1 saturated carbocycles. The molecule has 2 fully saturated rings. The molecule has 0 spiro atoms. The van der Waals surface area contributed by atoms with Crippen molar-refractivity contribution < 1.29 is 9.90 Å². The second-order valence-electron chi connectivity index (χ2n) is 3.43. The van der Waals surface area contributed by atoms with E-state index in [9.17, 15) is 4.79 Å². The van der Waals surface area contributed by atoms with E-state index in [4.69, 9.17) is 16.7 Å². The molecule has 2 rings (SSSR count). The van der Waals surface area contributed by atoms with Crippen LogP contribution in [0.5, 0.6) is 0 Å². The second kappa shape index (κ2) is 2.11. The molecule has 1 aliphatic carbocycles. The lowest BCUT2D eigenvalue weighted by atomic mass is 10.0. The molecule has 1 saturated heterocycles. The third kappa shape index (κ3) is 1.03. The lowest BCUT2D eigenvalue weighted by Gasteiger charge is -2.23. The van der Waals surface area contributed by atoms with Crippen LogP contribution in [0.1, 0.15) is 19.3 Å². The first-order valence-corrected chi connectivity index (χ1v) is 4.18. The summed E-state index contributed by atoms with van der Waals surface area (Å²) in [6.45, 7) is 0. The van der Waals surface area contributed by atoms with Crippen LogP contribution in [0.3, 0.4) is 0 Å². The van der Waals surface area contributed by atoms with Crippen LogP contribution in [-0.4, -0.2) is 22.1 Å². The van der Waals surface area contributed by atoms with E-state index in [2.05, 4.69) is 5.32 Å². The summed E-state index contributed by atoms with van der Waals surface area (Å²) >= 11 is 6.06. The number of rotatable bonds is 1. The molecule has 3 atom stereocenters. The number of aliphatic carboxylic acids is 1. The zero-order valence-corrected chi connectivity index (χ0v) is 6.77. The van der Waals surface area contributed by atoms with Crippen molar-refractivity contribution in [1.82, 2.24) is 5.32 Å². The number of carboxylic acids is 1. The van der Waals surface area contributed by atoms with Crippen molar-refractivity contribution in [3.63, 3.8) is 0 Å². The highest BCUT2D eigenvalue weighted by molar-refractivity contribution is 6.24. The molecule has 1 heterocycles. The van der Waals surface area contributed by atoms with Crippen molar-refractivity contribution in [3.05, 3.63) is 0 Å². The highest BCUT2D eigenvalue weighted by Gasteiger charge is 2.51. The molecule has 11 heavy (non-hydrogen) atoms. The van der Waals surface area contributed by atoms with E-state index < -0.39 is 17.0 Å². The van der Waals surface area contributed by atoms with Crippen molar-refractivity contribution in [3.8, 4) is 0 Å². The standard InChI is InChI=1S/C7H10ClNO2/c8-7-2-1-4(3-7)5(9-7)6(10)11/h4-5,9H,1-3H2,(H,10,11)/t4-,5-,7-/m0/s1. The molecular weight excluding hydrogens is 166 g/mol. The zero-order chi connectivity index (χ0) is 8.06. The first kappa shape index (κ1) is 7.37. The van der Waals surface area contributed by atoms with Crippen molar-refractivity contribution in [2.24, 2.45) is 5.92 Å². The van der Waals surface area contributed by atoms with Gasteiger partial charge in [0.25, 0.3) is 0 Å². The van der Waals surface area contributed by atoms with E-state index in [1.54, 1.807) is 0 Å². The van der Waals surface area contributed by atoms with Crippen LogP contribution < -0.4 is 5.32 Å². The zero-order valence-electron chi connectivity index (χ0n) is 6.01. The predicted molar refractivity (Wildman–Crippen MR) is 40.5 cm³/mol. The summed E-state index contributed by atoms with van der Waals surface area (Å²) in [7, 11) is 0. The summed E-state index contributed by atoms with van der Waals surface area (Å²) in [6, 6.07) is -0.402. The Labute approximate surface area is 69.7 Å². The van der Waals surface area contributed by atoms with E-state index in [1.807, 2.05) is 0 Å². The minimum atomic E-state index is -0.766. The number of alkyl halides is 1. The molecule has 4 heteroatoms. The Bertz CT molecular complexity index is 209. The monoisotopic (exact) mass is 175 g/mol. The van der Waals surface area contributed by atoms with Gasteiger partial charge in [0.05, 0.1) is 5.00 Å². The van der Waals surface area contributed by atoms with Crippen LogP contribution in [0.2, 0.25) is 0 Å². The Morgan fingerprint density at radius 2 is 2.45 bits per heavy atom. The molecule has 0 aromatic rings. The van der Waals surface area contributed by atoms with Gasteiger partial charge in [0.2, 0.25) is 0 Å². The summed E-state index contributed by atoms with van der Waals surface area (Å²) in [5.74, 6) is -0.512. The van der Waals surface area contributed by atoms with Crippen molar-refractivity contribution in [1.29, 1.82) is 0 Å². The third-order valence-electron chi connectivity index (χ3n) is 2.65. The van der Waals surface area contributed by atoms with Gasteiger partial charge in [-0.3, -0.25) is 10.1 Å². The number of piperidine rings is 1. The van der Waals surface area contributed by atoms with Crippen LogP contribution in [0.4, 0.5) is 0 Å². The first-order chi connectivity index (χ1) is 5.11. The molecule has 0 radical (unpaired) electrons. The minimum Gasteiger partial charge on any atom is -0.480 e. The number of hydrogen-bond acceptors (Lipinski definition) is 2. The Morgan fingerprint density at radius 1 is 1.73 bits per heavy atom. The highest BCUT2D eigenvalue weighted by Crippen LogP contribution is 2.45. The fourth-order valence-electron chi connectivity index (χ4n) is 2.11. The normalized spacial score (nSPS) is 48.1. The topological polar surface area (TPSA) is 49.3 Å². The number of nitrogens with one attached hydrogen (secondary N) is 1. The minimum absolute atomic E-state index is 0.255. The average molecular weight is 176 g/mol. The maximum Gasteiger partial charge on any atom is 0.321 e.